The van der Waals surface area contributed by atoms with Gasteiger partial charge in [0, 0.05) is 22.3 Å². The van der Waals surface area contributed by atoms with Crippen LogP contribution in [0.2, 0.25) is 0 Å². The minimum Gasteiger partial charge on any atom is -0.312 e. The van der Waals surface area contributed by atoms with Gasteiger partial charge in [0.25, 0.3) is 5.56 Å². The Bertz CT molecular complexity index is 982. The molecule has 0 radical (unpaired) electrons. The van der Waals surface area contributed by atoms with E-state index in [1.807, 2.05) is 0 Å². The lowest BCUT2D eigenvalue weighted by atomic mass is 10.1. The number of hydrogen-bond acceptors (Lipinski definition) is 6. The number of H-pyrrole nitrogens is 1. The average molecular weight is 363 g/mol. The monoisotopic (exact) mass is 363 g/mol. The fourth-order valence-electron chi connectivity index (χ4n) is 1.90. The summed E-state index contributed by atoms with van der Waals surface area (Å²) in [4.78, 5) is 14.5. The molecular weight excluding hydrogens is 350 g/mol. The molecule has 2 N–H and O–H groups in total. The molecule has 0 spiro atoms. The first-order chi connectivity index (χ1) is 10.0. The zero-order valence-electron chi connectivity index (χ0n) is 11.7. The van der Waals surface area contributed by atoms with Gasteiger partial charge in [-0.05, 0) is 24.6 Å². The van der Waals surface area contributed by atoms with Crippen molar-refractivity contribution in [2.75, 3.05) is 6.26 Å². The summed E-state index contributed by atoms with van der Waals surface area (Å²) in [6.45, 7) is 1.74. The van der Waals surface area contributed by atoms with Gasteiger partial charge >= 0.3 is 10.1 Å². The van der Waals surface area contributed by atoms with Crippen LogP contribution in [0.25, 0.3) is 10.4 Å². The summed E-state index contributed by atoms with van der Waals surface area (Å²) in [7, 11) is -8.08. The van der Waals surface area contributed by atoms with Crippen LogP contribution < -0.4 is 5.56 Å². The highest BCUT2D eigenvalue weighted by Crippen LogP contribution is 2.33. The number of aromatic amines is 1. The van der Waals surface area contributed by atoms with E-state index in [1.165, 1.54) is 18.2 Å². The molecule has 0 aliphatic carbocycles. The quantitative estimate of drug-likeness (QED) is 0.790. The van der Waals surface area contributed by atoms with Gasteiger partial charge in [-0.25, -0.2) is 8.42 Å². The zero-order chi connectivity index (χ0) is 16.7. The van der Waals surface area contributed by atoms with Crippen LogP contribution in [0.3, 0.4) is 0 Å². The molecule has 0 aromatic carbocycles. The maximum atomic E-state index is 11.8. The smallest absolute Gasteiger partial charge is 0.304 e. The standard InChI is InChI=1S/C12H13NO6S3/c1-3-7-6-8(12(13-11(7)14)21(2,15)16)9-4-5-10(20-9)22(17,18)19/h4-6H,3H2,1-2H3,(H,13,14)(H,17,18,19). The van der Waals surface area contributed by atoms with Gasteiger partial charge in [0.15, 0.2) is 9.84 Å². The van der Waals surface area contributed by atoms with Crippen LogP contribution in [-0.4, -0.2) is 32.6 Å². The molecule has 0 unspecified atom stereocenters. The molecule has 2 aromatic rings. The van der Waals surface area contributed by atoms with Crippen molar-refractivity contribution in [3.63, 3.8) is 0 Å². The largest absolute Gasteiger partial charge is 0.312 e. The number of sulfone groups is 1. The number of aryl methyl sites for hydroxylation is 1. The Morgan fingerprint density at radius 1 is 1.23 bits per heavy atom. The number of thiophene rings is 1. The molecule has 10 heteroatoms. The Morgan fingerprint density at radius 3 is 2.32 bits per heavy atom. The third-order valence-electron chi connectivity index (χ3n) is 2.93. The van der Waals surface area contributed by atoms with Crippen molar-refractivity contribution in [1.82, 2.24) is 4.98 Å². The van der Waals surface area contributed by atoms with Crippen LogP contribution >= 0.6 is 11.3 Å². The first-order valence-corrected chi connectivity index (χ1v) is 10.2. The second kappa shape index (κ2) is 5.61. The van der Waals surface area contributed by atoms with Crippen molar-refractivity contribution in [1.29, 1.82) is 0 Å². The van der Waals surface area contributed by atoms with E-state index in [-0.39, 0.29) is 14.8 Å². The second-order valence-electron chi connectivity index (χ2n) is 4.59. The highest BCUT2D eigenvalue weighted by atomic mass is 32.3. The van der Waals surface area contributed by atoms with Gasteiger partial charge in [-0.3, -0.25) is 9.35 Å². The Kier molecular flexibility index (Phi) is 4.30. The predicted molar refractivity (Wildman–Crippen MR) is 82.7 cm³/mol. The fraction of sp³-hybridized carbons (Fsp3) is 0.250. The number of aromatic nitrogens is 1. The Balaban J connectivity index is 2.79. The van der Waals surface area contributed by atoms with Gasteiger partial charge in [0.1, 0.15) is 9.24 Å². The number of rotatable bonds is 4. The summed E-state index contributed by atoms with van der Waals surface area (Å²) in [5, 5.41) is -0.279. The van der Waals surface area contributed by atoms with Crippen molar-refractivity contribution in [2.45, 2.75) is 22.6 Å². The maximum Gasteiger partial charge on any atom is 0.304 e. The van der Waals surface area contributed by atoms with Crippen LogP contribution in [0, 0.1) is 0 Å². The van der Waals surface area contributed by atoms with E-state index >= 15 is 0 Å². The zero-order valence-corrected chi connectivity index (χ0v) is 14.1. The summed E-state index contributed by atoms with van der Waals surface area (Å²) < 4.78 is 54.7. The minimum absolute atomic E-state index is 0.207. The molecule has 2 aromatic heterocycles. The van der Waals surface area contributed by atoms with Crippen molar-refractivity contribution >= 4 is 31.3 Å². The normalized spacial score (nSPS) is 12.5. The predicted octanol–water partition coefficient (Wildman–Crippen LogP) is 1.32. The summed E-state index contributed by atoms with van der Waals surface area (Å²) in [6, 6.07) is 3.99. The molecule has 7 nitrogen and oxygen atoms in total. The highest BCUT2D eigenvalue weighted by Gasteiger charge is 2.21. The average Bonchev–Trinajstić information content (AvgIpc) is 2.86. The summed E-state index contributed by atoms with van der Waals surface area (Å²) in [5.41, 5.74) is 0.0845. The Hall–Kier alpha value is -1.49. The first-order valence-electron chi connectivity index (χ1n) is 6.08. The van der Waals surface area contributed by atoms with Crippen LogP contribution in [0.1, 0.15) is 12.5 Å². The molecule has 120 valence electrons. The van der Waals surface area contributed by atoms with E-state index in [0.29, 0.717) is 16.9 Å². The first kappa shape index (κ1) is 16.9. The third-order valence-corrected chi connectivity index (χ3v) is 6.44. The van der Waals surface area contributed by atoms with Gasteiger partial charge < -0.3 is 4.98 Å². The maximum absolute atomic E-state index is 11.8. The lowest BCUT2D eigenvalue weighted by Gasteiger charge is -2.08. The molecule has 2 heterocycles. The Morgan fingerprint density at radius 2 is 1.86 bits per heavy atom. The highest BCUT2D eigenvalue weighted by molar-refractivity contribution is 7.90. The van der Waals surface area contributed by atoms with E-state index in [4.69, 9.17) is 4.55 Å². The molecule has 0 saturated carbocycles. The van der Waals surface area contributed by atoms with E-state index in [1.54, 1.807) is 6.92 Å². The summed E-state index contributed by atoms with van der Waals surface area (Å²) in [5.74, 6) is 0. The topological polar surface area (TPSA) is 121 Å². The summed E-state index contributed by atoms with van der Waals surface area (Å²) >= 11 is 0.724. The molecule has 0 bridgehead atoms. The third kappa shape index (κ3) is 3.29. The molecule has 0 atom stereocenters. The van der Waals surface area contributed by atoms with Gasteiger partial charge in [0.05, 0.1) is 0 Å². The van der Waals surface area contributed by atoms with Crippen molar-refractivity contribution < 1.29 is 21.4 Å². The van der Waals surface area contributed by atoms with E-state index in [0.717, 1.165) is 17.6 Å². The van der Waals surface area contributed by atoms with Crippen LogP contribution in [0.5, 0.6) is 0 Å². The molecule has 0 amide bonds. The Labute approximate surface area is 131 Å². The van der Waals surface area contributed by atoms with Crippen molar-refractivity contribution in [3.05, 3.63) is 34.1 Å². The van der Waals surface area contributed by atoms with E-state index < -0.39 is 25.5 Å². The fourth-order valence-corrected chi connectivity index (χ4v) is 4.50. The van der Waals surface area contributed by atoms with Crippen LogP contribution in [0.15, 0.2) is 32.2 Å². The van der Waals surface area contributed by atoms with E-state index in [9.17, 15) is 21.6 Å². The molecule has 0 aliphatic heterocycles. The number of pyridine rings is 1. The molecule has 2 rings (SSSR count). The molecule has 0 saturated heterocycles. The SMILES string of the molecule is CCc1cc(-c2ccc(S(=O)(=O)O)s2)c(S(C)(=O)=O)[nH]c1=O. The van der Waals surface area contributed by atoms with E-state index in [2.05, 4.69) is 4.98 Å². The van der Waals surface area contributed by atoms with Gasteiger partial charge in [-0.15, -0.1) is 11.3 Å². The van der Waals surface area contributed by atoms with Gasteiger partial charge in [-0.2, -0.15) is 8.42 Å². The number of hydrogen-bond donors (Lipinski definition) is 2. The second-order valence-corrected chi connectivity index (χ2v) is 9.27. The van der Waals surface area contributed by atoms with Crippen LogP contribution in [0.4, 0.5) is 0 Å². The lowest BCUT2D eigenvalue weighted by Crippen LogP contribution is -2.17. The molecule has 0 aliphatic rings. The van der Waals surface area contributed by atoms with Crippen LogP contribution in [-0.2, 0) is 26.4 Å². The van der Waals surface area contributed by atoms with Gasteiger partial charge in [-0.1, -0.05) is 6.92 Å². The molecule has 0 fully saturated rings. The summed E-state index contributed by atoms with van der Waals surface area (Å²) in [6.07, 6.45) is 1.34. The van der Waals surface area contributed by atoms with Crippen molar-refractivity contribution in [3.8, 4) is 10.4 Å². The van der Waals surface area contributed by atoms with Gasteiger partial charge in [0.2, 0.25) is 0 Å². The lowest BCUT2D eigenvalue weighted by molar-refractivity contribution is 0.485. The number of nitrogens with one attached hydrogen (secondary N) is 1. The molecule has 22 heavy (non-hydrogen) atoms. The van der Waals surface area contributed by atoms with Crippen molar-refractivity contribution in [2.24, 2.45) is 0 Å². The minimum atomic E-state index is -4.37. The molecular formula is C12H13NO6S3.